The van der Waals surface area contributed by atoms with Gasteiger partial charge in [0.05, 0.1) is 11.7 Å². The van der Waals surface area contributed by atoms with Crippen molar-refractivity contribution in [1.82, 2.24) is 10.3 Å². The second-order valence-corrected chi connectivity index (χ2v) is 6.55. The van der Waals surface area contributed by atoms with Crippen LogP contribution in [0.3, 0.4) is 0 Å². The van der Waals surface area contributed by atoms with Gasteiger partial charge < -0.3 is 5.32 Å². The molecule has 29 heavy (non-hydrogen) atoms. The number of pyridine rings is 1. The van der Waals surface area contributed by atoms with Crippen LogP contribution in [-0.2, 0) is 0 Å². The highest BCUT2D eigenvalue weighted by molar-refractivity contribution is 6.00. The lowest BCUT2D eigenvalue weighted by Crippen LogP contribution is -2.26. The number of halogens is 1. The highest BCUT2D eigenvalue weighted by Crippen LogP contribution is 2.26. The maximum Gasteiger partial charge on any atom is 0.146 e. The van der Waals surface area contributed by atoms with E-state index < -0.39 is 0 Å². The van der Waals surface area contributed by atoms with Crippen molar-refractivity contribution in [3.05, 3.63) is 71.3 Å². The minimum atomic E-state index is -0.306. The molecule has 0 aliphatic rings. The molecule has 160 valence electrons. The molecule has 1 heterocycles. The fraction of sp³-hybridized carbons (Fsp3) is 0.440. The minimum Gasteiger partial charge on any atom is -0.376 e. The Bertz CT molecular complexity index is 794. The van der Waals surface area contributed by atoms with Crippen LogP contribution < -0.4 is 5.32 Å². The van der Waals surface area contributed by atoms with E-state index in [-0.39, 0.29) is 17.8 Å². The fourth-order valence-electron chi connectivity index (χ4n) is 2.77. The minimum absolute atomic E-state index is 0.157. The van der Waals surface area contributed by atoms with Crippen molar-refractivity contribution in [3.63, 3.8) is 0 Å². The smallest absolute Gasteiger partial charge is 0.146 e. The quantitative estimate of drug-likeness (QED) is 0.532. The Labute approximate surface area is 177 Å². The molecule has 0 spiro atoms. The van der Waals surface area contributed by atoms with Gasteiger partial charge in [0.15, 0.2) is 0 Å². The lowest BCUT2D eigenvalue weighted by atomic mass is 9.97. The molecule has 0 saturated carbocycles. The molecule has 4 heteroatoms. The largest absolute Gasteiger partial charge is 0.376 e. The van der Waals surface area contributed by atoms with E-state index in [1.165, 1.54) is 6.07 Å². The molecule has 1 aromatic carbocycles. The first kappa shape index (κ1) is 26.5. The summed E-state index contributed by atoms with van der Waals surface area (Å²) in [5.41, 5.74) is 5.35. The van der Waals surface area contributed by atoms with Gasteiger partial charge in [0.2, 0.25) is 0 Å². The summed E-state index contributed by atoms with van der Waals surface area (Å²) in [6.07, 6.45) is 1.61. The van der Waals surface area contributed by atoms with Crippen LogP contribution in [0, 0.1) is 18.7 Å². The topological polar surface area (TPSA) is 37.3 Å². The number of hydrogen-bond donors (Lipinski definition) is 1. The molecule has 0 aliphatic heterocycles. The van der Waals surface area contributed by atoms with E-state index in [1.807, 2.05) is 54.5 Å². The molecular formula is C25H38FN3. The van der Waals surface area contributed by atoms with Gasteiger partial charge in [-0.25, -0.2) is 4.39 Å². The number of nitrogens with one attached hydrogen (secondary N) is 1. The number of hydrogen-bond acceptors (Lipinski definition) is 3. The molecule has 1 aromatic heterocycles. The van der Waals surface area contributed by atoms with Gasteiger partial charge in [-0.15, -0.1) is 0 Å². The summed E-state index contributed by atoms with van der Waals surface area (Å²) in [6.45, 7) is 20.3. The molecular weight excluding hydrogens is 361 g/mol. The molecule has 3 nitrogen and oxygen atoms in total. The van der Waals surface area contributed by atoms with E-state index in [0.717, 1.165) is 28.1 Å². The predicted molar refractivity (Wildman–Crippen MR) is 126 cm³/mol. The fourth-order valence-corrected chi connectivity index (χ4v) is 2.77. The summed E-state index contributed by atoms with van der Waals surface area (Å²) in [5, 5.41) is 3.36. The van der Waals surface area contributed by atoms with Crippen LogP contribution in [-0.4, -0.2) is 17.7 Å². The molecule has 0 fully saturated rings. The van der Waals surface area contributed by atoms with Crippen molar-refractivity contribution >= 4 is 11.4 Å². The Hall–Kier alpha value is -2.49. The van der Waals surface area contributed by atoms with Gasteiger partial charge in [-0.05, 0) is 54.7 Å². The van der Waals surface area contributed by atoms with E-state index in [9.17, 15) is 4.39 Å². The van der Waals surface area contributed by atoms with Crippen LogP contribution in [0.2, 0.25) is 0 Å². The van der Waals surface area contributed by atoms with Crippen LogP contribution >= 0.6 is 0 Å². The SMILES string of the molecule is C=C(N[C@H](c1ncccc1F)C(C)C)c1ccc(C)c(C(C)=NC)c1.CC.CC. The zero-order valence-electron chi connectivity index (χ0n) is 19.6. The Kier molecular flexibility index (Phi) is 12.5. The number of rotatable bonds is 6. The highest BCUT2D eigenvalue weighted by atomic mass is 19.1. The van der Waals surface area contributed by atoms with Crippen LogP contribution in [0.1, 0.15) is 76.9 Å². The molecule has 1 atom stereocenters. The van der Waals surface area contributed by atoms with Crippen LogP contribution in [0.15, 0.2) is 48.1 Å². The standard InChI is InChI=1S/C21H26FN3.2C2H6/c1-13(2)20(21-19(22)8-7-11-24-21)25-15(4)17-10-9-14(3)18(12-17)16(5)23-6;2*1-2/h7-13,20,25H,4H2,1-3,5-6H3;2*1-2H3/t20-;;/m0../s1. The van der Waals surface area contributed by atoms with Crippen LogP contribution in [0.4, 0.5) is 4.39 Å². The van der Waals surface area contributed by atoms with Gasteiger partial charge >= 0.3 is 0 Å². The highest BCUT2D eigenvalue weighted by Gasteiger charge is 2.21. The third-order valence-corrected chi connectivity index (χ3v) is 4.39. The summed E-state index contributed by atoms with van der Waals surface area (Å²) in [7, 11) is 1.78. The number of aromatic nitrogens is 1. The zero-order chi connectivity index (χ0) is 22.6. The second-order valence-electron chi connectivity index (χ2n) is 6.55. The second kappa shape index (κ2) is 13.6. The third-order valence-electron chi connectivity index (χ3n) is 4.39. The maximum absolute atomic E-state index is 14.2. The number of aliphatic imine (C=N–C) groups is 1. The number of benzene rings is 1. The zero-order valence-corrected chi connectivity index (χ0v) is 19.6. The van der Waals surface area contributed by atoms with Gasteiger partial charge in [0.25, 0.3) is 0 Å². The number of aryl methyl sites for hydroxylation is 1. The summed E-state index contributed by atoms with van der Waals surface area (Å²) in [5.74, 6) is -0.148. The monoisotopic (exact) mass is 399 g/mol. The summed E-state index contributed by atoms with van der Waals surface area (Å²) >= 11 is 0. The summed E-state index contributed by atoms with van der Waals surface area (Å²) in [4.78, 5) is 8.50. The lowest BCUT2D eigenvalue weighted by molar-refractivity contribution is 0.431. The molecule has 0 aliphatic carbocycles. The first-order valence-electron chi connectivity index (χ1n) is 10.5. The average molecular weight is 400 g/mol. The van der Waals surface area contributed by atoms with Gasteiger partial charge in [-0.3, -0.25) is 9.98 Å². The van der Waals surface area contributed by atoms with Crippen molar-refractivity contribution in [2.24, 2.45) is 10.9 Å². The van der Waals surface area contributed by atoms with Gasteiger partial charge in [0.1, 0.15) is 5.82 Å². The molecule has 2 aromatic rings. The Morgan fingerprint density at radius 2 is 1.76 bits per heavy atom. The van der Waals surface area contributed by atoms with Crippen molar-refractivity contribution in [1.29, 1.82) is 0 Å². The molecule has 0 bridgehead atoms. The first-order valence-corrected chi connectivity index (χ1v) is 10.5. The third kappa shape index (κ3) is 7.45. The number of nitrogens with zero attached hydrogens (tertiary/aromatic N) is 2. The molecule has 0 saturated heterocycles. The van der Waals surface area contributed by atoms with Gasteiger partial charge in [-0.1, -0.05) is 60.3 Å². The van der Waals surface area contributed by atoms with E-state index >= 15 is 0 Å². The van der Waals surface area contributed by atoms with E-state index in [1.54, 1.807) is 19.3 Å². The lowest BCUT2D eigenvalue weighted by Gasteiger charge is -2.25. The molecule has 1 N–H and O–H groups in total. The van der Waals surface area contributed by atoms with Crippen LogP contribution in [0.5, 0.6) is 0 Å². The van der Waals surface area contributed by atoms with Gasteiger partial charge in [-0.2, -0.15) is 0 Å². The van der Waals surface area contributed by atoms with Gasteiger partial charge in [0, 0.05) is 24.7 Å². The Balaban J connectivity index is 0.00000184. The van der Waals surface area contributed by atoms with E-state index in [2.05, 4.69) is 40.9 Å². The van der Waals surface area contributed by atoms with E-state index in [0.29, 0.717) is 5.69 Å². The predicted octanol–water partition coefficient (Wildman–Crippen LogP) is 6.98. The van der Waals surface area contributed by atoms with Crippen molar-refractivity contribution in [3.8, 4) is 0 Å². The molecule has 0 radical (unpaired) electrons. The summed E-state index contributed by atoms with van der Waals surface area (Å²) in [6, 6.07) is 8.93. The van der Waals surface area contributed by atoms with Crippen molar-refractivity contribution in [2.45, 2.75) is 61.4 Å². The summed E-state index contributed by atoms with van der Waals surface area (Å²) < 4.78 is 14.2. The Morgan fingerprint density at radius 1 is 1.14 bits per heavy atom. The average Bonchev–Trinajstić information content (AvgIpc) is 2.75. The normalized spacial score (nSPS) is 11.6. The van der Waals surface area contributed by atoms with Crippen molar-refractivity contribution in [2.75, 3.05) is 7.05 Å². The van der Waals surface area contributed by atoms with Crippen LogP contribution in [0.25, 0.3) is 5.70 Å². The first-order chi connectivity index (χ1) is 13.8. The molecule has 2 rings (SSSR count). The van der Waals surface area contributed by atoms with Crippen molar-refractivity contribution < 1.29 is 4.39 Å². The Morgan fingerprint density at radius 3 is 2.28 bits per heavy atom. The maximum atomic E-state index is 14.2. The van der Waals surface area contributed by atoms with E-state index in [4.69, 9.17) is 0 Å². The molecule has 0 unspecified atom stereocenters. The molecule has 0 amide bonds.